The van der Waals surface area contributed by atoms with Crippen molar-refractivity contribution in [2.45, 2.75) is 283 Å². The van der Waals surface area contributed by atoms with E-state index in [1.165, 1.54) is 6.92 Å². The maximum absolute atomic E-state index is 15.5. The predicted molar refractivity (Wildman–Crippen MR) is 320 cm³/mol. The largest absolute Gasteiger partial charge is 0.432 e. The third-order valence-electron chi connectivity index (χ3n) is 25.0. The Morgan fingerprint density at radius 2 is 1.01 bits per heavy atom. The van der Waals surface area contributed by atoms with Crippen molar-refractivity contribution in [3.63, 3.8) is 0 Å². The Morgan fingerprint density at radius 3 is 1.60 bits per heavy atom. The number of aliphatic hydroxyl groups excluding tert-OH is 21. The highest BCUT2D eigenvalue weighted by atomic mass is 16.8. The molecule has 21 N–H and O–H groups in total. The molecule has 34 heteroatoms. The molecule has 0 radical (unpaired) electrons. The van der Waals surface area contributed by atoms with Gasteiger partial charge in [-0.15, -0.1) is 0 Å². The van der Waals surface area contributed by atoms with Gasteiger partial charge in [-0.1, -0.05) is 46.3 Å². The molecule has 6 heterocycles. The molecule has 0 spiro atoms. The molecule has 0 aromatic rings. The molecule has 28 unspecified atom stereocenters. The fraction of sp³-hybridized carbons (Fsp3) is 0.953. The average molecular weight is 1420 g/mol. The van der Waals surface area contributed by atoms with E-state index in [0.29, 0.717) is 32.1 Å². The van der Waals surface area contributed by atoms with Crippen LogP contribution in [0.1, 0.15) is 92.9 Å². The van der Waals surface area contributed by atoms with E-state index in [1.807, 2.05) is 6.92 Å². The highest BCUT2D eigenvalue weighted by Crippen LogP contribution is 2.76. The van der Waals surface area contributed by atoms with Crippen LogP contribution in [-0.4, -0.2) is 350 Å². The highest BCUT2D eigenvalue weighted by molar-refractivity contribution is 5.80. The number of hydrogen-bond donors (Lipinski definition) is 21. The molecular formula is C64H104O34. The minimum Gasteiger partial charge on any atom is -0.432 e. The van der Waals surface area contributed by atoms with Gasteiger partial charge in [0.15, 0.2) is 37.6 Å². The van der Waals surface area contributed by atoms with Crippen molar-refractivity contribution < 1.29 is 169 Å². The van der Waals surface area contributed by atoms with E-state index in [4.69, 9.17) is 56.8 Å². The first kappa shape index (κ1) is 77.0. The summed E-state index contributed by atoms with van der Waals surface area (Å²) in [5, 5.41) is 232. The van der Waals surface area contributed by atoms with Crippen molar-refractivity contribution in [1.82, 2.24) is 0 Å². The summed E-state index contributed by atoms with van der Waals surface area (Å²) >= 11 is 0. The van der Waals surface area contributed by atoms with Crippen LogP contribution in [0.2, 0.25) is 0 Å². The Hall–Kier alpha value is -2.07. The van der Waals surface area contributed by atoms with Crippen LogP contribution in [0, 0.1) is 50.2 Å². The summed E-state index contributed by atoms with van der Waals surface area (Å²) in [5.74, 6) is -2.54. The summed E-state index contributed by atoms with van der Waals surface area (Å²) < 4.78 is 70.0. The normalized spacial score (nSPS) is 54.1. The summed E-state index contributed by atoms with van der Waals surface area (Å²) in [7, 11) is 0. The number of esters is 1. The van der Waals surface area contributed by atoms with Crippen LogP contribution in [0.15, 0.2) is 11.6 Å². The second-order valence-corrected chi connectivity index (χ2v) is 31.1. The van der Waals surface area contributed by atoms with Crippen molar-refractivity contribution in [1.29, 1.82) is 0 Å². The summed E-state index contributed by atoms with van der Waals surface area (Å²) in [6.07, 6.45) is -48.7. The molecule has 564 valence electrons. The zero-order valence-electron chi connectivity index (χ0n) is 55.5. The Balaban J connectivity index is 0.788. The third kappa shape index (κ3) is 13.0. The van der Waals surface area contributed by atoms with Gasteiger partial charge < -0.3 is 164 Å². The Kier molecular flexibility index (Phi) is 22.8. The molecule has 0 amide bonds. The lowest BCUT2D eigenvalue weighted by atomic mass is 9.33. The van der Waals surface area contributed by atoms with E-state index in [-0.39, 0.29) is 30.6 Å². The minimum atomic E-state index is -2.02. The van der Waals surface area contributed by atoms with Crippen LogP contribution < -0.4 is 0 Å². The highest BCUT2D eigenvalue weighted by Gasteiger charge is 2.74. The van der Waals surface area contributed by atoms with Gasteiger partial charge in [-0.25, -0.2) is 0 Å². The van der Waals surface area contributed by atoms with Gasteiger partial charge in [0, 0.05) is 5.41 Å². The van der Waals surface area contributed by atoms with Gasteiger partial charge in [-0.3, -0.25) is 4.79 Å². The van der Waals surface area contributed by atoms with Crippen LogP contribution in [-0.2, 0) is 61.6 Å². The number of fused-ring (bicyclic) bond motifs is 7. The molecule has 11 aliphatic rings. The zero-order valence-corrected chi connectivity index (χ0v) is 55.5. The maximum atomic E-state index is 15.5. The number of carbonyl (C=O) groups excluding carboxylic acids is 1. The molecule has 4 saturated carbocycles. The molecule has 0 aromatic heterocycles. The number of ether oxygens (including phenoxy) is 12. The molecule has 6 saturated heterocycles. The van der Waals surface area contributed by atoms with Gasteiger partial charge >= 0.3 is 5.97 Å². The Bertz CT molecular complexity index is 2750. The van der Waals surface area contributed by atoms with Crippen molar-refractivity contribution in [2.75, 3.05) is 46.2 Å². The quantitative estimate of drug-likeness (QED) is 0.0365. The van der Waals surface area contributed by atoms with Crippen LogP contribution in [0.3, 0.4) is 0 Å². The topological polar surface area (TPSA) is 553 Å². The summed E-state index contributed by atoms with van der Waals surface area (Å²) in [6.45, 7) is 7.00. The van der Waals surface area contributed by atoms with Gasteiger partial charge in [-0.05, 0) is 97.7 Å². The van der Waals surface area contributed by atoms with Crippen molar-refractivity contribution in [3.05, 3.63) is 11.6 Å². The van der Waals surface area contributed by atoms with E-state index >= 15 is 4.79 Å². The van der Waals surface area contributed by atoms with Crippen LogP contribution in [0.4, 0.5) is 0 Å². The zero-order chi connectivity index (χ0) is 71.6. The van der Waals surface area contributed by atoms with E-state index in [9.17, 15) is 107 Å². The first-order chi connectivity index (χ1) is 46.0. The second-order valence-electron chi connectivity index (χ2n) is 31.1. The van der Waals surface area contributed by atoms with Gasteiger partial charge in [0.05, 0.1) is 70.7 Å². The molecule has 11 rings (SSSR count). The van der Waals surface area contributed by atoms with E-state index < -0.39 is 281 Å². The van der Waals surface area contributed by atoms with E-state index in [2.05, 4.69) is 33.8 Å². The summed E-state index contributed by atoms with van der Waals surface area (Å²) in [4.78, 5) is 15.5. The molecule has 6 aliphatic heterocycles. The maximum Gasteiger partial charge on any atom is 0.317 e. The van der Waals surface area contributed by atoms with Crippen molar-refractivity contribution in [2.24, 2.45) is 50.2 Å². The lowest BCUT2D eigenvalue weighted by molar-refractivity contribution is -0.369. The molecule has 5 aliphatic carbocycles. The van der Waals surface area contributed by atoms with Gasteiger partial charge in [-0.2, -0.15) is 0 Å². The van der Waals surface area contributed by atoms with Crippen LogP contribution in [0.25, 0.3) is 0 Å². The second kappa shape index (κ2) is 29.0. The molecule has 10 fully saturated rings. The van der Waals surface area contributed by atoms with Crippen LogP contribution >= 0.6 is 0 Å². The van der Waals surface area contributed by atoms with Gasteiger partial charge in [0.25, 0.3) is 0 Å². The number of aliphatic hydroxyl groups is 21. The van der Waals surface area contributed by atoms with Gasteiger partial charge in [0.1, 0.15) is 127 Å². The van der Waals surface area contributed by atoms with Gasteiger partial charge in [0.2, 0.25) is 6.29 Å². The first-order valence-electron chi connectivity index (χ1n) is 34.0. The van der Waals surface area contributed by atoms with Crippen LogP contribution in [0.5, 0.6) is 0 Å². The summed E-state index contributed by atoms with van der Waals surface area (Å²) in [6, 6.07) is 0. The standard InChI is InChI=1S/C64H104O34/c1-23-49(95-54-44(81)35(72)27(69)17-87-54)43(80)48(85)55(91-23)96-50-36(73)28(70)18-88-57(50)98-58(86)64-12-11-59(2,3)13-25(64)24-7-8-32-60(4)14-26(68)51(63(21-66,22-67)33(60)9-10-61(32,5)62(24,6)15-34(64)71)97-56-47(84)42(79)39(76)31(94-56)20-90-53-46(83)41(78)38(75)30(93-53)19-89-52-45(82)40(77)37(74)29(16-65)92-52/h7,23,25-57,65-85H,8-22H2,1-6H3/t23?,25-,26?,27?,28?,29?,30?,31?,32+,33+,34+,35?,36?,37?,38?,39?,40?,41?,42?,43?,44?,45?,46?,47+,48?,49?,50?,51-,52?,53?,54?,55?,56?,57?,60+,61+,62+,64+/m0/s1. The number of allylic oxidation sites excluding steroid dienone is 2. The smallest absolute Gasteiger partial charge is 0.317 e. The lowest BCUT2D eigenvalue weighted by Crippen LogP contribution is -2.71. The molecule has 0 bridgehead atoms. The molecule has 38 atom stereocenters. The Morgan fingerprint density at radius 1 is 0.500 bits per heavy atom. The van der Waals surface area contributed by atoms with E-state index in [1.54, 1.807) is 0 Å². The minimum absolute atomic E-state index is 0.0115. The Labute approximate surface area is 564 Å². The fourth-order valence-electron chi connectivity index (χ4n) is 19.0. The molecule has 0 aromatic carbocycles. The molecular weight excluding hydrogens is 1310 g/mol. The molecule has 98 heavy (non-hydrogen) atoms. The number of carbonyl (C=O) groups is 1. The van der Waals surface area contributed by atoms with Crippen molar-refractivity contribution >= 4 is 5.97 Å². The number of rotatable bonds is 17. The fourth-order valence-corrected chi connectivity index (χ4v) is 19.0. The molecule has 34 nitrogen and oxygen atoms in total. The number of hydrogen-bond acceptors (Lipinski definition) is 34. The van der Waals surface area contributed by atoms with Crippen molar-refractivity contribution in [3.8, 4) is 0 Å². The van der Waals surface area contributed by atoms with E-state index in [0.717, 1.165) is 5.57 Å². The predicted octanol–water partition coefficient (Wildman–Crippen LogP) is -8.19. The lowest BCUT2D eigenvalue weighted by Gasteiger charge is -2.72. The summed E-state index contributed by atoms with van der Waals surface area (Å²) in [5.41, 5.74) is -5.34. The SMILES string of the molecule is CC1OC(OC2C(OC(=O)[C@]34CCC(C)(C)C[C@H]3C3=CC[C@@H]5[C@@]6(C)CC(O)[C@H](OC7OC(COC8OC(COC9OC(CO)C(O)C(O)C9O)C(O)C(O)C8O)C(O)C(O)[C@H]7O)C(CO)(CO)[C@@H]6CC[C@@]5(C)[C@]3(C)C[C@H]4O)OCC(O)C2O)C(O)C(O)C1OC1OCC(O)C(O)C1O. The average Bonchev–Trinajstić information content (AvgIpc) is 0.669. The first-order valence-corrected chi connectivity index (χ1v) is 34.0. The third-order valence-corrected chi connectivity index (χ3v) is 25.0. The monoisotopic (exact) mass is 1420 g/mol.